The molecule has 1 aliphatic rings. The van der Waals surface area contributed by atoms with Gasteiger partial charge in [0, 0.05) is 32.0 Å². The van der Waals surface area contributed by atoms with Crippen LogP contribution < -0.4 is 0 Å². The highest BCUT2D eigenvalue weighted by Crippen LogP contribution is 2.37. The lowest BCUT2D eigenvalue weighted by Gasteiger charge is -2.17. The molecule has 0 unspecified atom stereocenters. The lowest BCUT2D eigenvalue weighted by molar-refractivity contribution is -0.127. The van der Waals surface area contributed by atoms with Gasteiger partial charge in [-0.3, -0.25) is 4.79 Å². The highest BCUT2D eigenvalue weighted by Gasteiger charge is 2.25. The van der Waals surface area contributed by atoms with Crippen molar-refractivity contribution in [2.45, 2.75) is 30.6 Å². The van der Waals surface area contributed by atoms with Gasteiger partial charge in [0.2, 0.25) is 5.91 Å². The standard InChI is InChI=1S/C16H17Cl2N3OS/c1-20(9-11-2-5-13(17)14(18)8-11)15(22)10-23-16-19-6-7-21(16)12-3-4-12/h2,5-8,12H,3-4,9-10H2,1H3. The molecule has 0 atom stereocenters. The number of carbonyl (C=O) groups is 1. The van der Waals surface area contributed by atoms with Gasteiger partial charge in [0.25, 0.3) is 0 Å². The molecule has 0 spiro atoms. The summed E-state index contributed by atoms with van der Waals surface area (Å²) in [5.41, 5.74) is 0.958. The highest BCUT2D eigenvalue weighted by atomic mass is 35.5. The normalized spacial score (nSPS) is 14.0. The second kappa shape index (κ2) is 7.16. The van der Waals surface area contributed by atoms with Crippen molar-refractivity contribution < 1.29 is 4.79 Å². The van der Waals surface area contributed by atoms with Crippen molar-refractivity contribution in [3.8, 4) is 0 Å². The molecule has 0 radical (unpaired) electrons. The van der Waals surface area contributed by atoms with Crippen molar-refractivity contribution in [3.05, 3.63) is 46.2 Å². The molecule has 0 bridgehead atoms. The molecule has 1 heterocycles. The van der Waals surface area contributed by atoms with Crippen molar-refractivity contribution >= 4 is 40.9 Å². The van der Waals surface area contributed by atoms with Crippen LogP contribution in [0.15, 0.2) is 35.7 Å². The fraction of sp³-hybridized carbons (Fsp3) is 0.375. The molecule has 1 aliphatic carbocycles. The Morgan fingerprint density at radius 2 is 2.17 bits per heavy atom. The largest absolute Gasteiger partial charge is 0.341 e. The summed E-state index contributed by atoms with van der Waals surface area (Å²) in [4.78, 5) is 18.3. The van der Waals surface area contributed by atoms with E-state index < -0.39 is 0 Å². The number of hydrogen-bond donors (Lipinski definition) is 0. The maximum Gasteiger partial charge on any atom is 0.233 e. The van der Waals surface area contributed by atoms with Crippen LogP contribution in [0.1, 0.15) is 24.4 Å². The molecular formula is C16H17Cl2N3OS. The van der Waals surface area contributed by atoms with Crippen molar-refractivity contribution in [3.63, 3.8) is 0 Å². The number of aromatic nitrogens is 2. The van der Waals surface area contributed by atoms with Crippen LogP contribution in [0.2, 0.25) is 10.0 Å². The number of thioether (sulfide) groups is 1. The number of rotatable bonds is 6. The molecule has 0 saturated heterocycles. The Labute approximate surface area is 149 Å². The molecular weight excluding hydrogens is 353 g/mol. The number of nitrogens with zero attached hydrogens (tertiary/aromatic N) is 3. The van der Waals surface area contributed by atoms with Crippen LogP contribution in [-0.4, -0.2) is 33.2 Å². The molecule has 1 amide bonds. The molecule has 122 valence electrons. The van der Waals surface area contributed by atoms with E-state index in [4.69, 9.17) is 23.2 Å². The van der Waals surface area contributed by atoms with E-state index in [2.05, 4.69) is 9.55 Å². The van der Waals surface area contributed by atoms with Crippen LogP contribution in [0, 0.1) is 0 Å². The van der Waals surface area contributed by atoms with Gasteiger partial charge >= 0.3 is 0 Å². The van der Waals surface area contributed by atoms with E-state index >= 15 is 0 Å². The quantitative estimate of drug-likeness (QED) is 0.713. The molecule has 1 saturated carbocycles. The van der Waals surface area contributed by atoms with Crippen LogP contribution in [0.25, 0.3) is 0 Å². The predicted molar refractivity (Wildman–Crippen MR) is 94.2 cm³/mol. The smallest absolute Gasteiger partial charge is 0.233 e. The third-order valence-corrected chi connectivity index (χ3v) is 5.43. The fourth-order valence-corrected chi connectivity index (χ4v) is 3.57. The van der Waals surface area contributed by atoms with Gasteiger partial charge in [-0.2, -0.15) is 0 Å². The molecule has 1 aromatic heterocycles. The van der Waals surface area contributed by atoms with Crippen LogP contribution in [0.3, 0.4) is 0 Å². The topological polar surface area (TPSA) is 38.1 Å². The van der Waals surface area contributed by atoms with E-state index in [1.165, 1.54) is 24.6 Å². The van der Waals surface area contributed by atoms with E-state index in [0.717, 1.165) is 10.7 Å². The van der Waals surface area contributed by atoms with Gasteiger partial charge in [0.05, 0.1) is 15.8 Å². The Balaban J connectivity index is 1.54. The number of amides is 1. The lowest BCUT2D eigenvalue weighted by atomic mass is 10.2. The number of benzene rings is 1. The second-order valence-electron chi connectivity index (χ2n) is 5.64. The van der Waals surface area contributed by atoms with E-state index in [9.17, 15) is 4.79 Å². The van der Waals surface area contributed by atoms with Crippen molar-refractivity contribution in [2.24, 2.45) is 0 Å². The molecule has 0 aliphatic heterocycles. The van der Waals surface area contributed by atoms with Gasteiger partial charge in [0.1, 0.15) is 0 Å². The minimum atomic E-state index is 0.0615. The van der Waals surface area contributed by atoms with E-state index in [-0.39, 0.29) is 5.91 Å². The third kappa shape index (κ3) is 4.22. The Morgan fingerprint density at radius 3 is 2.87 bits per heavy atom. The third-order valence-electron chi connectivity index (χ3n) is 3.73. The zero-order valence-corrected chi connectivity index (χ0v) is 15.0. The zero-order chi connectivity index (χ0) is 16.4. The number of carbonyl (C=O) groups excluding carboxylic acids is 1. The molecule has 1 fully saturated rings. The van der Waals surface area contributed by atoms with Gasteiger partial charge < -0.3 is 9.47 Å². The minimum Gasteiger partial charge on any atom is -0.341 e. The Hall–Kier alpha value is -1.17. The molecule has 1 aromatic carbocycles. The maximum absolute atomic E-state index is 12.3. The lowest BCUT2D eigenvalue weighted by Crippen LogP contribution is -2.27. The maximum atomic E-state index is 12.3. The summed E-state index contributed by atoms with van der Waals surface area (Å²) >= 11 is 13.4. The van der Waals surface area contributed by atoms with Gasteiger partial charge in [-0.05, 0) is 30.5 Å². The Kier molecular flexibility index (Phi) is 5.19. The van der Waals surface area contributed by atoms with E-state index in [0.29, 0.717) is 28.4 Å². The van der Waals surface area contributed by atoms with E-state index in [1.807, 2.05) is 12.3 Å². The van der Waals surface area contributed by atoms with Gasteiger partial charge in [0.15, 0.2) is 5.16 Å². The average molecular weight is 370 g/mol. The Bertz CT molecular complexity index is 715. The Morgan fingerprint density at radius 1 is 1.39 bits per heavy atom. The van der Waals surface area contributed by atoms with Crippen LogP contribution in [0.5, 0.6) is 0 Å². The SMILES string of the molecule is CN(Cc1ccc(Cl)c(Cl)c1)C(=O)CSc1nccn1C1CC1. The summed E-state index contributed by atoms with van der Waals surface area (Å²) in [6.07, 6.45) is 6.19. The predicted octanol–water partition coefficient (Wildman–Crippen LogP) is 4.28. The fourth-order valence-electron chi connectivity index (χ4n) is 2.28. The molecule has 0 N–H and O–H groups in total. The highest BCUT2D eigenvalue weighted by molar-refractivity contribution is 7.99. The van der Waals surface area contributed by atoms with Crippen LogP contribution >= 0.6 is 35.0 Å². The molecule has 3 rings (SSSR count). The second-order valence-corrected chi connectivity index (χ2v) is 7.39. The van der Waals surface area contributed by atoms with Gasteiger partial charge in [-0.15, -0.1) is 0 Å². The first-order valence-electron chi connectivity index (χ1n) is 7.38. The summed E-state index contributed by atoms with van der Waals surface area (Å²) < 4.78 is 2.16. The molecule has 7 heteroatoms. The summed E-state index contributed by atoms with van der Waals surface area (Å²) in [5.74, 6) is 0.438. The molecule has 4 nitrogen and oxygen atoms in total. The summed E-state index contributed by atoms with van der Waals surface area (Å²) in [6, 6.07) is 5.99. The minimum absolute atomic E-state index is 0.0615. The first-order valence-corrected chi connectivity index (χ1v) is 9.12. The number of imidazole rings is 1. The monoisotopic (exact) mass is 369 g/mol. The van der Waals surface area contributed by atoms with Crippen LogP contribution in [0.4, 0.5) is 0 Å². The summed E-state index contributed by atoms with van der Waals surface area (Å²) in [6.45, 7) is 0.507. The average Bonchev–Trinajstić information content (AvgIpc) is 3.27. The van der Waals surface area contributed by atoms with Crippen molar-refractivity contribution in [2.75, 3.05) is 12.8 Å². The summed E-state index contributed by atoms with van der Waals surface area (Å²) in [7, 11) is 1.79. The molecule has 2 aromatic rings. The van der Waals surface area contributed by atoms with Crippen molar-refractivity contribution in [1.29, 1.82) is 0 Å². The van der Waals surface area contributed by atoms with Crippen molar-refractivity contribution in [1.82, 2.24) is 14.5 Å². The van der Waals surface area contributed by atoms with E-state index in [1.54, 1.807) is 30.3 Å². The summed E-state index contributed by atoms with van der Waals surface area (Å²) in [5, 5.41) is 1.95. The number of hydrogen-bond acceptors (Lipinski definition) is 3. The zero-order valence-electron chi connectivity index (χ0n) is 12.7. The van der Waals surface area contributed by atoms with Gasteiger partial charge in [-0.1, -0.05) is 41.0 Å². The van der Waals surface area contributed by atoms with Crippen LogP contribution in [-0.2, 0) is 11.3 Å². The first kappa shape index (κ1) is 16.7. The van der Waals surface area contributed by atoms with Gasteiger partial charge in [-0.25, -0.2) is 4.98 Å². The first-order chi connectivity index (χ1) is 11.0. The number of halogens is 2. The molecule has 23 heavy (non-hydrogen) atoms.